The highest BCUT2D eigenvalue weighted by molar-refractivity contribution is 5.33. The summed E-state index contributed by atoms with van der Waals surface area (Å²) >= 11 is 0. The Morgan fingerprint density at radius 3 is 2.80 bits per heavy atom. The van der Waals surface area contributed by atoms with Gasteiger partial charge in [0.1, 0.15) is 0 Å². The summed E-state index contributed by atoms with van der Waals surface area (Å²) in [5.41, 5.74) is 4.56. The molecule has 0 spiro atoms. The minimum atomic E-state index is 0.902. The average Bonchev–Trinajstić information content (AvgIpc) is 2.14. The average molecular weight is 201 g/mol. The second-order valence-electron chi connectivity index (χ2n) is 5.08. The molecule has 0 saturated heterocycles. The Balaban J connectivity index is 1.81. The van der Waals surface area contributed by atoms with Crippen molar-refractivity contribution >= 4 is 0 Å². The molecule has 3 rings (SSSR count). The van der Waals surface area contributed by atoms with E-state index in [4.69, 9.17) is 0 Å². The number of nitrogens with zero attached hydrogens (tertiary/aromatic N) is 1. The van der Waals surface area contributed by atoms with Gasteiger partial charge in [-0.25, -0.2) is 0 Å². The van der Waals surface area contributed by atoms with Crippen LogP contribution in [0.1, 0.15) is 36.0 Å². The van der Waals surface area contributed by atoms with Crippen LogP contribution in [0.4, 0.5) is 0 Å². The number of fused-ring (bicyclic) bond motifs is 1. The second kappa shape index (κ2) is 3.64. The first-order valence-electron chi connectivity index (χ1n) is 6.15. The monoisotopic (exact) mass is 201 g/mol. The highest BCUT2D eigenvalue weighted by atomic mass is 15.2. The van der Waals surface area contributed by atoms with Gasteiger partial charge in [-0.3, -0.25) is 4.90 Å². The van der Waals surface area contributed by atoms with E-state index in [9.17, 15) is 0 Å². The van der Waals surface area contributed by atoms with E-state index >= 15 is 0 Å². The van der Waals surface area contributed by atoms with E-state index < -0.39 is 0 Å². The van der Waals surface area contributed by atoms with Crippen LogP contribution in [-0.2, 0) is 13.0 Å². The third-order valence-electron chi connectivity index (χ3n) is 3.99. The molecule has 1 fully saturated rings. The fourth-order valence-electron chi connectivity index (χ4n) is 2.77. The summed E-state index contributed by atoms with van der Waals surface area (Å²) in [5, 5.41) is 0. The Bertz CT molecular complexity index is 366. The lowest BCUT2D eigenvalue weighted by atomic mass is 9.88. The van der Waals surface area contributed by atoms with Gasteiger partial charge in [0, 0.05) is 19.1 Å². The van der Waals surface area contributed by atoms with E-state index in [1.165, 1.54) is 44.3 Å². The molecule has 1 nitrogen and oxygen atoms in total. The van der Waals surface area contributed by atoms with Gasteiger partial charge in [-0.2, -0.15) is 0 Å². The Morgan fingerprint density at radius 1 is 1.20 bits per heavy atom. The molecule has 0 radical (unpaired) electrons. The van der Waals surface area contributed by atoms with Gasteiger partial charge in [-0.15, -0.1) is 0 Å². The molecule has 0 N–H and O–H groups in total. The van der Waals surface area contributed by atoms with Gasteiger partial charge < -0.3 is 0 Å². The summed E-state index contributed by atoms with van der Waals surface area (Å²) in [5.74, 6) is 0. The number of aryl methyl sites for hydroxylation is 1. The molecule has 1 aliphatic carbocycles. The maximum absolute atomic E-state index is 2.69. The van der Waals surface area contributed by atoms with E-state index in [0.717, 1.165) is 6.04 Å². The second-order valence-corrected chi connectivity index (χ2v) is 5.08. The predicted molar refractivity (Wildman–Crippen MR) is 62.9 cm³/mol. The third-order valence-corrected chi connectivity index (χ3v) is 3.99. The lowest BCUT2D eigenvalue weighted by molar-refractivity contribution is 0.113. The molecule has 0 bridgehead atoms. The Kier molecular flexibility index (Phi) is 2.28. The summed E-state index contributed by atoms with van der Waals surface area (Å²) in [7, 11) is 0. The van der Waals surface area contributed by atoms with Crippen LogP contribution in [0.2, 0.25) is 0 Å². The van der Waals surface area contributed by atoms with Gasteiger partial charge >= 0.3 is 0 Å². The molecule has 0 aromatic heterocycles. The predicted octanol–water partition coefficient (Wildman–Crippen LogP) is 2.91. The van der Waals surface area contributed by atoms with Gasteiger partial charge in [-0.05, 0) is 37.3 Å². The SMILES string of the molecule is Cc1ccc2c(c1)CN(C1CCC1)CC2. The molecule has 0 atom stereocenters. The quantitative estimate of drug-likeness (QED) is 0.675. The molecule has 1 aromatic rings. The van der Waals surface area contributed by atoms with E-state index in [1.807, 2.05) is 0 Å². The van der Waals surface area contributed by atoms with Crippen molar-refractivity contribution in [3.05, 3.63) is 34.9 Å². The van der Waals surface area contributed by atoms with Crippen LogP contribution in [0.25, 0.3) is 0 Å². The van der Waals surface area contributed by atoms with Crippen LogP contribution in [-0.4, -0.2) is 17.5 Å². The van der Waals surface area contributed by atoms with Crippen LogP contribution in [0.3, 0.4) is 0 Å². The fourth-order valence-corrected chi connectivity index (χ4v) is 2.77. The Labute approximate surface area is 92.1 Å². The summed E-state index contributed by atoms with van der Waals surface area (Å²) < 4.78 is 0. The molecule has 15 heavy (non-hydrogen) atoms. The zero-order chi connectivity index (χ0) is 10.3. The lowest BCUT2D eigenvalue weighted by Crippen LogP contribution is -2.42. The number of benzene rings is 1. The molecular weight excluding hydrogens is 182 g/mol. The van der Waals surface area contributed by atoms with Crippen LogP contribution in [0, 0.1) is 6.92 Å². The van der Waals surface area contributed by atoms with Crippen LogP contribution in [0.15, 0.2) is 18.2 Å². The van der Waals surface area contributed by atoms with Crippen LogP contribution < -0.4 is 0 Å². The highest BCUT2D eigenvalue weighted by Crippen LogP contribution is 2.29. The van der Waals surface area contributed by atoms with Gasteiger partial charge in [0.2, 0.25) is 0 Å². The largest absolute Gasteiger partial charge is 0.296 e. The Morgan fingerprint density at radius 2 is 2.07 bits per heavy atom. The van der Waals surface area contributed by atoms with Crippen molar-refractivity contribution in [3.63, 3.8) is 0 Å². The van der Waals surface area contributed by atoms with E-state index in [-0.39, 0.29) is 0 Å². The van der Waals surface area contributed by atoms with Crippen molar-refractivity contribution in [2.45, 2.75) is 45.2 Å². The molecular formula is C14H19N. The fraction of sp³-hybridized carbons (Fsp3) is 0.571. The number of hydrogen-bond donors (Lipinski definition) is 0. The van der Waals surface area contributed by atoms with Crippen molar-refractivity contribution in [1.82, 2.24) is 4.90 Å². The Hall–Kier alpha value is -0.820. The van der Waals surface area contributed by atoms with Crippen molar-refractivity contribution in [2.75, 3.05) is 6.54 Å². The standard InChI is InChI=1S/C14H19N/c1-11-5-6-12-7-8-15(10-13(12)9-11)14-3-2-4-14/h5-6,9,14H,2-4,7-8,10H2,1H3. The van der Waals surface area contributed by atoms with Crippen molar-refractivity contribution in [1.29, 1.82) is 0 Å². The third kappa shape index (κ3) is 1.69. The smallest absolute Gasteiger partial charge is 0.0239 e. The van der Waals surface area contributed by atoms with Gasteiger partial charge in [0.25, 0.3) is 0 Å². The molecule has 1 aliphatic heterocycles. The summed E-state index contributed by atoms with van der Waals surface area (Å²) in [6.45, 7) is 4.67. The molecule has 1 heterocycles. The topological polar surface area (TPSA) is 3.24 Å². The summed E-state index contributed by atoms with van der Waals surface area (Å²) in [6, 6.07) is 7.85. The minimum Gasteiger partial charge on any atom is -0.296 e. The van der Waals surface area contributed by atoms with Crippen LogP contribution in [0.5, 0.6) is 0 Å². The molecule has 2 aliphatic rings. The van der Waals surface area contributed by atoms with Gasteiger partial charge in [0.15, 0.2) is 0 Å². The maximum atomic E-state index is 2.69. The number of rotatable bonds is 1. The van der Waals surface area contributed by atoms with Crippen molar-refractivity contribution < 1.29 is 0 Å². The maximum Gasteiger partial charge on any atom is 0.0239 e. The molecule has 80 valence electrons. The van der Waals surface area contributed by atoms with E-state index in [1.54, 1.807) is 11.1 Å². The molecule has 1 heteroatoms. The summed E-state index contributed by atoms with van der Waals surface area (Å²) in [6.07, 6.45) is 5.57. The van der Waals surface area contributed by atoms with Gasteiger partial charge in [0.05, 0.1) is 0 Å². The van der Waals surface area contributed by atoms with Gasteiger partial charge in [-0.1, -0.05) is 30.2 Å². The van der Waals surface area contributed by atoms with E-state index in [2.05, 4.69) is 30.0 Å². The summed E-state index contributed by atoms with van der Waals surface area (Å²) in [4.78, 5) is 2.69. The highest BCUT2D eigenvalue weighted by Gasteiger charge is 2.27. The van der Waals surface area contributed by atoms with Crippen molar-refractivity contribution in [2.24, 2.45) is 0 Å². The van der Waals surface area contributed by atoms with Crippen molar-refractivity contribution in [3.8, 4) is 0 Å². The molecule has 0 amide bonds. The first kappa shape index (κ1) is 9.41. The minimum absolute atomic E-state index is 0.902. The molecule has 0 unspecified atom stereocenters. The lowest BCUT2D eigenvalue weighted by Gasteiger charge is -2.40. The first-order chi connectivity index (χ1) is 7.33. The zero-order valence-electron chi connectivity index (χ0n) is 9.50. The molecule has 1 saturated carbocycles. The number of hydrogen-bond acceptors (Lipinski definition) is 1. The zero-order valence-corrected chi connectivity index (χ0v) is 9.50. The van der Waals surface area contributed by atoms with Crippen LogP contribution >= 0.6 is 0 Å². The first-order valence-corrected chi connectivity index (χ1v) is 6.15. The normalized spacial score (nSPS) is 22.2. The van der Waals surface area contributed by atoms with E-state index in [0.29, 0.717) is 0 Å². The molecule has 1 aromatic carbocycles.